The molecule has 7 heteroatoms. The van der Waals surface area contributed by atoms with Crippen LogP contribution < -0.4 is 4.74 Å². The zero-order valence-electron chi connectivity index (χ0n) is 14.4. The summed E-state index contributed by atoms with van der Waals surface area (Å²) >= 11 is 9.39. The lowest BCUT2D eigenvalue weighted by Crippen LogP contribution is -2.33. The summed E-state index contributed by atoms with van der Waals surface area (Å²) in [7, 11) is 0. The number of benzene rings is 2. The Hall–Kier alpha value is -2.02. The highest BCUT2D eigenvalue weighted by Gasteiger charge is 2.20. The minimum Gasteiger partial charge on any atom is -0.489 e. The maximum atomic E-state index is 11.1. The molecule has 0 radical (unpaired) electrons. The van der Waals surface area contributed by atoms with E-state index in [1.807, 2.05) is 24.3 Å². The minimum absolute atomic E-state index is 0.0891. The molecule has 0 aliphatic carbocycles. The Bertz CT molecular complexity index is 854. The summed E-state index contributed by atoms with van der Waals surface area (Å²) in [5.41, 5.74) is 2.66. The largest absolute Gasteiger partial charge is 0.489 e. The van der Waals surface area contributed by atoms with Crippen LogP contribution in [0.5, 0.6) is 5.75 Å². The molecule has 1 unspecified atom stereocenters. The summed E-state index contributed by atoms with van der Waals surface area (Å²) in [4.78, 5) is 12.4. The number of halogens is 2. The first-order valence-electron chi connectivity index (χ1n) is 8.48. The number of carboxylic acid groups (broad SMARTS) is 1. The lowest BCUT2D eigenvalue weighted by Gasteiger charge is -2.25. The van der Waals surface area contributed by atoms with Gasteiger partial charge in [-0.25, -0.2) is 4.79 Å². The first-order valence-corrected chi connectivity index (χ1v) is 9.65. The number of hydrogen-bond acceptors (Lipinski definition) is 3. The number of rotatable bonds is 5. The molecule has 0 spiro atoms. The number of hydrogen-bond donors (Lipinski definition) is 2. The van der Waals surface area contributed by atoms with Crippen LogP contribution >= 0.6 is 27.5 Å². The van der Waals surface area contributed by atoms with Crippen molar-refractivity contribution in [1.29, 1.82) is 0 Å². The third-order valence-electron chi connectivity index (χ3n) is 4.43. The highest BCUT2D eigenvalue weighted by atomic mass is 79.9. The maximum absolute atomic E-state index is 11.1. The predicted octanol–water partition coefficient (Wildman–Crippen LogP) is 4.98. The van der Waals surface area contributed by atoms with Crippen molar-refractivity contribution in [2.45, 2.75) is 12.5 Å². The van der Waals surface area contributed by atoms with Gasteiger partial charge in [0.15, 0.2) is 0 Å². The Morgan fingerprint density at radius 1 is 1.26 bits per heavy atom. The summed E-state index contributed by atoms with van der Waals surface area (Å²) in [6, 6.07) is 12.7. The lowest BCUT2D eigenvalue weighted by atomic mass is 9.98. The molecule has 0 fully saturated rings. The van der Waals surface area contributed by atoms with Crippen LogP contribution in [-0.4, -0.2) is 40.9 Å². The van der Waals surface area contributed by atoms with Gasteiger partial charge in [-0.1, -0.05) is 41.9 Å². The molecule has 0 saturated heterocycles. The number of aliphatic hydroxyl groups excluding tert-OH is 1. The van der Waals surface area contributed by atoms with Crippen molar-refractivity contribution in [2.75, 3.05) is 19.7 Å². The third-order valence-corrected chi connectivity index (χ3v) is 5.31. The van der Waals surface area contributed by atoms with Gasteiger partial charge in [-0.15, -0.1) is 0 Å². The van der Waals surface area contributed by atoms with Gasteiger partial charge < -0.3 is 19.8 Å². The van der Waals surface area contributed by atoms with Crippen LogP contribution in [0.4, 0.5) is 4.79 Å². The molecule has 2 aromatic carbocycles. The Morgan fingerprint density at radius 2 is 2.00 bits per heavy atom. The zero-order chi connectivity index (χ0) is 19.4. The molecule has 0 saturated carbocycles. The van der Waals surface area contributed by atoms with Gasteiger partial charge >= 0.3 is 6.09 Å². The fraction of sp³-hybridized carbons (Fsp3) is 0.250. The Labute approximate surface area is 171 Å². The van der Waals surface area contributed by atoms with Crippen molar-refractivity contribution in [3.63, 3.8) is 0 Å². The number of para-hydroxylation sites is 1. The summed E-state index contributed by atoms with van der Waals surface area (Å²) in [6.07, 6.45) is 0.813. The Morgan fingerprint density at radius 3 is 2.63 bits per heavy atom. The van der Waals surface area contributed by atoms with Gasteiger partial charge in [0.05, 0.1) is 4.47 Å². The molecule has 27 heavy (non-hydrogen) atoms. The van der Waals surface area contributed by atoms with Crippen molar-refractivity contribution in [1.82, 2.24) is 4.90 Å². The standard InChI is InChI=1S/C20H19BrClNO4/c21-17-3-1-2-16(13-8-10-23(11-9-13)20(25)26)19(17)27-12-18(24)14-4-6-15(22)7-5-14/h1-8,18,24H,9-12H2,(H,25,26). The van der Waals surface area contributed by atoms with Gasteiger partial charge in [0.25, 0.3) is 0 Å². The predicted molar refractivity (Wildman–Crippen MR) is 108 cm³/mol. The van der Waals surface area contributed by atoms with Crippen molar-refractivity contribution >= 4 is 39.2 Å². The van der Waals surface area contributed by atoms with Crippen LogP contribution in [0.3, 0.4) is 0 Å². The molecule has 0 bridgehead atoms. The summed E-state index contributed by atoms with van der Waals surface area (Å²) < 4.78 is 6.72. The summed E-state index contributed by atoms with van der Waals surface area (Å²) in [5, 5.41) is 20.1. The van der Waals surface area contributed by atoms with E-state index < -0.39 is 12.2 Å². The van der Waals surface area contributed by atoms with E-state index in [0.717, 1.165) is 21.2 Å². The molecule has 2 N–H and O–H groups in total. The first kappa shape index (κ1) is 19.7. The number of nitrogens with zero attached hydrogens (tertiary/aromatic N) is 1. The Kier molecular flexibility index (Phi) is 6.42. The second-order valence-corrected chi connectivity index (χ2v) is 7.49. The van der Waals surface area contributed by atoms with E-state index in [4.69, 9.17) is 21.4 Å². The van der Waals surface area contributed by atoms with Gasteiger partial charge in [-0.05, 0) is 51.7 Å². The first-order chi connectivity index (χ1) is 13.0. The van der Waals surface area contributed by atoms with Crippen LogP contribution in [0.15, 0.2) is 53.0 Å². The molecule has 1 atom stereocenters. The molecule has 1 heterocycles. The van der Waals surface area contributed by atoms with E-state index in [-0.39, 0.29) is 6.61 Å². The third kappa shape index (κ3) is 4.83. The quantitative estimate of drug-likeness (QED) is 0.671. The normalized spacial score (nSPS) is 15.2. The Balaban J connectivity index is 1.76. The van der Waals surface area contributed by atoms with Gasteiger partial charge in [-0.3, -0.25) is 0 Å². The average molecular weight is 453 g/mol. The van der Waals surface area contributed by atoms with Gasteiger partial charge in [0.2, 0.25) is 0 Å². The van der Waals surface area contributed by atoms with E-state index >= 15 is 0 Å². The molecule has 5 nitrogen and oxygen atoms in total. The van der Waals surface area contributed by atoms with Crippen LogP contribution in [0.2, 0.25) is 5.02 Å². The van der Waals surface area contributed by atoms with Crippen LogP contribution in [0, 0.1) is 0 Å². The smallest absolute Gasteiger partial charge is 0.407 e. The average Bonchev–Trinajstić information content (AvgIpc) is 2.67. The van der Waals surface area contributed by atoms with Crippen molar-refractivity contribution in [3.05, 3.63) is 69.2 Å². The van der Waals surface area contributed by atoms with E-state index in [2.05, 4.69) is 15.9 Å². The molecular weight excluding hydrogens is 434 g/mol. The van der Waals surface area contributed by atoms with Gasteiger partial charge in [0, 0.05) is 23.7 Å². The maximum Gasteiger partial charge on any atom is 0.407 e. The SMILES string of the molecule is O=C(O)N1CC=C(c2cccc(Br)c2OCC(O)c2ccc(Cl)cc2)CC1. The number of amides is 1. The monoisotopic (exact) mass is 451 g/mol. The second-order valence-electron chi connectivity index (χ2n) is 6.20. The van der Waals surface area contributed by atoms with Crippen molar-refractivity contribution in [3.8, 4) is 5.75 Å². The van der Waals surface area contributed by atoms with E-state index in [9.17, 15) is 9.90 Å². The molecule has 1 amide bonds. The molecular formula is C20H19BrClNO4. The molecule has 0 aromatic heterocycles. The molecule has 142 valence electrons. The molecule has 2 aromatic rings. The molecule has 1 aliphatic rings. The highest BCUT2D eigenvalue weighted by Crippen LogP contribution is 2.36. The van der Waals surface area contributed by atoms with Crippen molar-refractivity contribution < 1.29 is 19.7 Å². The van der Waals surface area contributed by atoms with E-state index in [1.165, 1.54) is 4.90 Å². The minimum atomic E-state index is -0.915. The fourth-order valence-electron chi connectivity index (χ4n) is 2.94. The summed E-state index contributed by atoms with van der Waals surface area (Å²) in [5.74, 6) is 0.639. The van der Waals surface area contributed by atoms with Gasteiger partial charge in [-0.2, -0.15) is 0 Å². The van der Waals surface area contributed by atoms with E-state index in [0.29, 0.717) is 30.3 Å². The summed E-state index contributed by atoms with van der Waals surface area (Å²) in [6.45, 7) is 0.885. The van der Waals surface area contributed by atoms with Crippen LogP contribution in [-0.2, 0) is 0 Å². The number of carbonyl (C=O) groups is 1. The fourth-order valence-corrected chi connectivity index (χ4v) is 3.55. The van der Waals surface area contributed by atoms with Gasteiger partial charge in [0.1, 0.15) is 18.5 Å². The van der Waals surface area contributed by atoms with Crippen LogP contribution in [0.25, 0.3) is 5.57 Å². The topological polar surface area (TPSA) is 70.0 Å². The van der Waals surface area contributed by atoms with Crippen LogP contribution in [0.1, 0.15) is 23.7 Å². The second kappa shape index (κ2) is 8.78. The zero-order valence-corrected chi connectivity index (χ0v) is 16.8. The highest BCUT2D eigenvalue weighted by molar-refractivity contribution is 9.10. The molecule has 3 rings (SSSR count). The lowest BCUT2D eigenvalue weighted by molar-refractivity contribution is 0.107. The number of ether oxygens (including phenoxy) is 1. The number of aliphatic hydroxyl groups is 1. The van der Waals surface area contributed by atoms with E-state index in [1.54, 1.807) is 24.3 Å². The molecule has 1 aliphatic heterocycles. The van der Waals surface area contributed by atoms with Crippen molar-refractivity contribution in [2.24, 2.45) is 0 Å².